The number of anilines is 3. The highest BCUT2D eigenvalue weighted by atomic mass is 16.5. The molecule has 8 rings (SSSR count). The van der Waals surface area contributed by atoms with Gasteiger partial charge in [-0.2, -0.15) is 26.0 Å². The molecule has 0 amide bonds. The van der Waals surface area contributed by atoms with Crippen LogP contribution in [0, 0.1) is 34.0 Å². The molecule has 1 spiro atoms. The number of azo groups is 1. The van der Waals surface area contributed by atoms with Crippen molar-refractivity contribution < 1.29 is 4.74 Å². The summed E-state index contributed by atoms with van der Waals surface area (Å²) in [6, 6.07) is 57.8. The van der Waals surface area contributed by atoms with Crippen molar-refractivity contribution in [2.75, 3.05) is 4.90 Å². The summed E-state index contributed by atoms with van der Waals surface area (Å²) in [5.74, 6) is -0.0136. The van der Waals surface area contributed by atoms with E-state index in [2.05, 4.69) is 45.5 Å². The van der Waals surface area contributed by atoms with E-state index < -0.39 is 5.60 Å². The fraction of sp³-hybridized carbons (Fsp3) is 0.0217. The van der Waals surface area contributed by atoms with Gasteiger partial charge in [-0.25, -0.2) is 0 Å². The summed E-state index contributed by atoms with van der Waals surface area (Å²) in [5.41, 5.74) is 8.25. The molecular formula is C46H28N6O. The Morgan fingerprint density at radius 3 is 1.53 bits per heavy atom. The molecule has 1 aliphatic heterocycles. The van der Waals surface area contributed by atoms with Gasteiger partial charge < -0.3 is 9.64 Å². The molecule has 53 heavy (non-hydrogen) atoms. The van der Waals surface area contributed by atoms with Crippen LogP contribution in [-0.2, 0) is 10.3 Å². The predicted molar refractivity (Wildman–Crippen MR) is 205 cm³/mol. The minimum atomic E-state index is -1.20. The second-order valence-corrected chi connectivity index (χ2v) is 12.4. The molecule has 0 radical (unpaired) electrons. The van der Waals surface area contributed by atoms with Gasteiger partial charge in [0.15, 0.2) is 16.9 Å². The summed E-state index contributed by atoms with van der Waals surface area (Å²) < 4.78 is 6.63. The van der Waals surface area contributed by atoms with E-state index >= 15 is 0 Å². The van der Waals surface area contributed by atoms with E-state index in [9.17, 15) is 15.8 Å². The summed E-state index contributed by atoms with van der Waals surface area (Å²) in [7, 11) is 0. The third-order valence-corrected chi connectivity index (χ3v) is 9.35. The van der Waals surface area contributed by atoms with E-state index in [1.165, 1.54) is 0 Å². The Labute approximate surface area is 307 Å². The second kappa shape index (κ2) is 13.8. The summed E-state index contributed by atoms with van der Waals surface area (Å²) in [6.45, 7) is 0. The van der Waals surface area contributed by atoms with Crippen molar-refractivity contribution in [3.8, 4) is 29.3 Å². The standard InChI is InChI=1S/C46H28N6O/c47-29-33(30-48)45-41(31-49)44(46(53-45)42-17-9-7-15-39(42)40-16-8-10-18-43(40)46)28-21-32-19-22-34(23-20-32)50-51-35-24-26-38(27-25-35)52(36-11-3-1-4-12-36)37-13-5-2-6-14-37/h1-28H. The minimum absolute atomic E-state index is 0.0136. The monoisotopic (exact) mass is 680 g/mol. The largest absolute Gasteiger partial charge is 0.469 e. The lowest BCUT2D eigenvalue weighted by Gasteiger charge is -2.29. The van der Waals surface area contributed by atoms with E-state index in [1.807, 2.05) is 158 Å². The normalized spacial score (nSPS) is 13.6. The van der Waals surface area contributed by atoms with Crippen LogP contribution in [-0.4, -0.2) is 0 Å². The fourth-order valence-corrected chi connectivity index (χ4v) is 6.98. The van der Waals surface area contributed by atoms with Gasteiger partial charge >= 0.3 is 0 Å². The Morgan fingerprint density at radius 2 is 1.02 bits per heavy atom. The van der Waals surface area contributed by atoms with Crippen molar-refractivity contribution in [2.45, 2.75) is 5.60 Å². The average Bonchev–Trinajstić information content (AvgIpc) is 3.70. The molecule has 7 nitrogen and oxygen atoms in total. The summed E-state index contributed by atoms with van der Waals surface area (Å²) in [4.78, 5) is 2.19. The molecule has 1 heterocycles. The maximum Gasteiger partial charge on any atom is 0.187 e. The molecule has 0 unspecified atom stereocenters. The van der Waals surface area contributed by atoms with Crippen molar-refractivity contribution in [3.63, 3.8) is 0 Å². The fourth-order valence-electron chi connectivity index (χ4n) is 6.98. The molecule has 0 atom stereocenters. The van der Waals surface area contributed by atoms with Crippen molar-refractivity contribution in [3.05, 3.63) is 203 Å². The van der Waals surface area contributed by atoms with Gasteiger partial charge in [0.05, 0.1) is 11.4 Å². The van der Waals surface area contributed by atoms with Crippen LogP contribution in [0.5, 0.6) is 0 Å². The first kappa shape index (κ1) is 32.4. The smallest absolute Gasteiger partial charge is 0.187 e. The number of nitrogens with zero attached hydrogens (tertiary/aromatic N) is 6. The first-order valence-electron chi connectivity index (χ1n) is 16.9. The van der Waals surface area contributed by atoms with E-state index in [0.29, 0.717) is 11.3 Å². The van der Waals surface area contributed by atoms with Gasteiger partial charge in [-0.15, -0.1) is 0 Å². The highest BCUT2D eigenvalue weighted by Crippen LogP contribution is 2.59. The average molecular weight is 681 g/mol. The van der Waals surface area contributed by atoms with Gasteiger partial charge in [0.25, 0.3) is 0 Å². The van der Waals surface area contributed by atoms with E-state index in [-0.39, 0.29) is 16.9 Å². The van der Waals surface area contributed by atoms with Crippen molar-refractivity contribution in [1.29, 1.82) is 15.8 Å². The molecule has 0 bridgehead atoms. The Hall–Kier alpha value is -7.79. The lowest BCUT2D eigenvalue weighted by Crippen LogP contribution is -2.26. The van der Waals surface area contributed by atoms with Gasteiger partial charge in [0, 0.05) is 33.8 Å². The number of fused-ring (bicyclic) bond motifs is 5. The van der Waals surface area contributed by atoms with Crippen LogP contribution >= 0.6 is 0 Å². The minimum Gasteiger partial charge on any atom is -0.469 e. The molecule has 6 aromatic carbocycles. The third-order valence-electron chi connectivity index (χ3n) is 9.35. The first-order chi connectivity index (χ1) is 26.1. The molecule has 2 aliphatic rings. The molecular weight excluding hydrogens is 653 g/mol. The molecule has 0 aromatic heterocycles. The molecule has 0 saturated carbocycles. The molecule has 6 aromatic rings. The number of hydrogen-bond acceptors (Lipinski definition) is 7. The molecule has 0 N–H and O–H groups in total. The number of para-hydroxylation sites is 2. The summed E-state index contributed by atoms with van der Waals surface area (Å²) in [5, 5.41) is 39.0. The molecule has 7 heteroatoms. The second-order valence-electron chi connectivity index (χ2n) is 12.4. The van der Waals surface area contributed by atoms with Gasteiger partial charge in [0.2, 0.25) is 0 Å². The highest BCUT2D eigenvalue weighted by molar-refractivity contribution is 5.85. The Morgan fingerprint density at radius 1 is 0.547 bits per heavy atom. The Bertz CT molecular complexity index is 2500. The number of allylic oxidation sites excluding steroid dienone is 2. The van der Waals surface area contributed by atoms with E-state index in [4.69, 9.17) is 4.74 Å². The van der Waals surface area contributed by atoms with Crippen molar-refractivity contribution >= 4 is 34.5 Å². The molecule has 0 saturated heterocycles. The number of ether oxygens (including phenoxy) is 1. The first-order valence-corrected chi connectivity index (χ1v) is 16.9. The van der Waals surface area contributed by atoms with E-state index in [0.717, 1.165) is 50.6 Å². The lowest BCUT2D eigenvalue weighted by molar-refractivity contribution is 0.100. The zero-order chi connectivity index (χ0) is 36.2. The zero-order valence-electron chi connectivity index (χ0n) is 28.3. The van der Waals surface area contributed by atoms with Crippen LogP contribution < -0.4 is 4.90 Å². The number of nitriles is 3. The van der Waals surface area contributed by atoms with Crippen LogP contribution in [0.1, 0.15) is 16.7 Å². The van der Waals surface area contributed by atoms with Crippen LogP contribution in [0.4, 0.5) is 28.4 Å². The van der Waals surface area contributed by atoms with Crippen molar-refractivity contribution in [2.24, 2.45) is 10.2 Å². The van der Waals surface area contributed by atoms with Gasteiger partial charge in [-0.05, 0) is 77.4 Å². The predicted octanol–water partition coefficient (Wildman–Crippen LogP) is 11.7. The maximum absolute atomic E-state index is 10.4. The highest BCUT2D eigenvalue weighted by Gasteiger charge is 2.54. The molecule has 1 aliphatic carbocycles. The number of hydrogen-bond donors (Lipinski definition) is 0. The number of benzene rings is 6. The Kier molecular flexibility index (Phi) is 8.47. The topological polar surface area (TPSA) is 109 Å². The van der Waals surface area contributed by atoms with Crippen molar-refractivity contribution in [1.82, 2.24) is 0 Å². The van der Waals surface area contributed by atoms with Crippen LogP contribution in [0.2, 0.25) is 0 Å². The zero-order valence-corrected chi connectivity index (χ0v) is 28.3. The quantitative estimate of drug-likeness (QED) is 0.123. The van der Waals surface area contributed by atoms with Crippen LogP contribution in [0.25, 0.3) is 17.2 Å². The maximum atomic E-state index is 10.4. The molecule has 0 fully saturated rings. The number of rotatable bonds is 7. The molecule has 248 valence electrons. The lowest BCUT2D eigenvalue weighted by atomic mass is 9.82. The third kappa shape index (κ3) is 5.73. The Balaban J connectivity index is 1.08. The summed E-state index contributed by atoms with van der Waals surface area (Å²) in [6.07, 6.45) is 3.75. The van der Waals surface area contributed by atoms with Crippen LogP contribution in [0.15, 0.2) is 197 Å². The summed E-state index contributed by atoms with van der Waals surface area (Å²) >= 11 is 0. The van der Waals surface area contributed by atoms with Gasteiger partial charge in [-0.1, -0.05) is 109 Å². The van der Waals surface area contributed by atoms with E-state index in [1.54, 1.807) is 0 Å². The van der Waals surface area contributed by atoms with Gasteiger partial charge in [-0.3, -0.25) is 0 Å². The SMILES string of the molecule is N#CC(C#N)=C1OC2(C(C=Cc3ccc(N=Nc4ccc(N(c5ccccc5)c5ccccc5)cc4)cc3)=C1C#N)c1ccccc1-c1ccccc12. The van der Waals surface area contributed by atoms with Crippen LogP contribution in [0.3, 0.4) is 0 Å². The van der Waals surface area contributed by atoms with Gasteiger partial charge in [0.1, 0.15) is 23.8 Å².